The Morgan fingerprint density at radius 2 is 2.12 bits per heavy atom. The lowest BCUT2D eigenvalue weighted by Gasteiger charge is -1.87. The fourth-order valence-corrected chi connectivity index (χ4v) is 2.58. The van der Waals surface area contributed by atoms with Gasteiger partial charge in [0.2, 0.25) is 0 Å². The highest BCUT2D eigenvalue weighted by Crippen LogP contribution is 2.30. The van der Waals surface area contributed by atoms with E-state index in [9.17, 15) is 19.7 Å². The van der Waals surface area contributed by atoms with Gasteiger partial charge in [0.15, 0.2) is 0 Å². The molecule has 2 rings (SSSR count). The van der Waals surface area contributed by atoms with Crippen molar-refractivity contribution in [1.29, 1.82) is 0 Å². The first-order chi connectivity index (χ1) is 7.56. The summed E-state index contributed by atoms with van der Waals surface area (Å²) in [7, 11) is 0. The maximum Gasteiger partial charge on any atom is 0.324 e. The van der Waals surface area contributed by atoms with Crippen molar-refractivity contribution < 1.29 is 14.5 Å². The maximum absolute atomic E-state index is 11.2. The van der Waals surface area contributed by atoms with Crippen molar-refractivity contribution in [2.75, 3.05) is 0 Å². The smallest absolute Gasteiger partial charge is 0.282 e. The molecule has 1 saturated heterocycles. The van der Waals surface area contributed by atoms with E-state index in [1.165, 1.54) is 18.2 Å². The van der Waals surface area contributed by atoms with E-state index in [2.05, 4.69) is 5.32 Å². The van der Waals surface area contributed by atoms with Crippen LogP contribution in [0.4, 0.5) is 9.80 Å². The summed E-state index contributed by atoms with van der Waals surface area (Å²) in [5.74, 6) is -0.467. The third kappa shape index (κ3) is 2.12. The average molecular weight is 256 g/mol. The molecule has 0 aliphatic carbocycles. The van der Waals surface area contributed by atoms with E-state index in [4.69, 9.17) is 0 Å². The molecular formula is C8H4N2O4S2. The number of thioether (sulfide) groups is 1. The minimum absolute atomic E-state index is 0.00146. The molecular weight excluding hydrogens is 252 g/mol. The van der Waals surface area contributed by atoms with Gasteiger partial charge < -0.3 is 0 Å². The highest BCUT2D eigenvalue weighted by Gasteiger charge is 2.25. The van der Waals surface area contributed by atoms with Gasteiger partial charge in [-0.25, -0.2) is 0 Å². The lowest BCUT2D eigenvalue weighted by atomic mass is 10.4. The van der Waals surface area contributed by atoms with Crippen molar-refractivity contribution >= 4 is 45.3 Å². The molecule has 6 nitrogen and oxygen atoms in total. The van der Waals surface area contributed by atoms with Gasteiger partial charge in [0.1, 0.15) is 0 Å². The van der Waals surface area contributed by atoms with Crippen LogP contribution in [0, 0.1) is 10.1 Å². The van der Waals surface area contributed by atoms with Gasteiger partial charge in [0.25, 0.3) is 11.1 Å². The Labute approximate surface area is 97.5 Å². The van der Waals surface area contributed by atoms with Crippen molar-refractivity contribution in [3.05, 3.63) is 32.0 Å². The summed E-state index contributed by atoms with van der Waals surface area (Å²) in [4.78, 5) is 32.8. The molecule has 0 radical (unpaired) electrons. The SMILES string of the molecule is O=C1NC(=O)/C(=C/c2ccc([N+](=O)[O-])s2)S1. The number of hydrogen-bond donors (Lipinski definition) is 1. The summed E-state index contributed by atoms with van der Waals surface area (Å²) in [6.07, 6.45) is 1.46. The standard InChI is InChI=1S/C8H4N2O4S2/c11-7-5(16-8(12)9-7)3-4-1-2-6(15-4)10(13)14/h1-3H,(H,9,11,12)/b5-3-. The van der Waals surface area contributed by atoms with Gasteiger partial charge >= 0.3 is 5.00 Å². The number of imide groups is 1. The molecule has 1 fully saturated rings. The third-order valence-corrected chi connectivity index (χ3v) is 3.50. The minimum Gasteiger partial charge on any atom is -0.282 e. The van der Waals surface area contributed by atoms with Gasteiger partial charge in [-0.2, -0.15) is 0 Å². The number of carbonyl (C=O) groups is 2. The topological polar surface area (TPSA) is 89.3 Å². The molecule has 0 atom stereocenters. The number of nitro groups is 1. The fourth-order valence-electron chi connectivity index (χ4n) is 1.07. The Balaban J connectivity index is 2.26. The van der Waals surface area contributed by atoms with E-state index in [1.807, 2.05) is 0 Å². The van der Waals surface area contributed by atoms with Crippen LogP contribution >= 0.6 is 23.1 Å². The van der Waals surface area contributed by atoms with Crippen molar-refractivity contribution in [2.24, 2.45) is 0 Å². The Kier molecular flexibility index (Phi) is 2.75. The summed E-state index contributed by atoms with van der Waals surface area (Å²) in [6, 6.07) is 2.89. The lowest BCUT2D eigenvalue weighted by molar-refractivity contribution is -0.380. The zero-order valence-corrected chi connectivity index (χ0v) is 9.26. The molecule has 0 aromatic carbocycles. The van der Waals surface area contributed by atoms with Gasteiger partial charge in [0.05, 0.1) is 9.83 Å². The van der Waals surface area contributed by atoms with E-state index in [1.54, 1.807) is 0 Å². The van der Waals surface area contributed by atoms with E-state index >= 15 is 0 Å². The van der Waals surface area contributed by atoms with Gasteiger partial charge in [-0.3, -0.25) is 25.0 Å². The van der Waals surface area contributed by atoms with Gasteiger partial charge in [0, 0.05) is 10.9 Å². The Bertz CT molecular complexity index is 520. The van der Waals surface area contributed by atoms with E-state index in [0.717, 1.165) is 23.1 Å². The number of carbonyl (C=O) groups excluding carboxylic acids is 2. The van der Waals surface area contributed by atoms with Crippen LogP contribution < -0.4 is 5.32 Å². The second-order valence-electron chi connectivity index (χ2n) is 2.79. The molecule has 8 heteroatoms. The summed E-state index contributed by atoms with van der Waals surface area (Å²) >= 11 is 1.74. The molecule has 1 aromatic heterocycles. The predicted molar refractivity (Wildman–Crippen MR) is 60.1 cm³/mol. The van der Waals surface area contributed by atoms with E-state index in [0.29, 0.717) is 4.88 Å². The minimum atomic E-state index is -0.500. The van der Waals surface area contributed by atoms with Crippen LogP contribution in [0.25, 0.3) is 6.08 Å². The van der Waals surface area contributed by atoms with Crippen LogP contribution in [-0.2, 0) is 4.79 Å². The maximum atomic E-state index is 11.2. The molecule has 16 heavy (non-hydrogen) atoms. The van der Waals surface area contributed by atoms with Gasteiger partial charge in [-0.1, -0.05) is 11.3 Å². The normalized spacial score (nSPS) is 17.9. The monoisotopic (exact) mass is 256 g/mol. The van der Waals surface area contributed by atoms with Crippen LogP contribution in [0.15, 0.2) is 17.0 Å². The zero-order chi connectivity index (χ0) is 11.7. The van der Waals surface area contributed by atoms with Crippen LogP contribution in [0.3, 0.4) is 0 Å². The fraction of sp³-hybridized carbons (Fsp3) is 0. The number of nitrogens with zero attached hydrogens (tertiary/aromatic N) is 1. The molecule has 2 heterocycles. The number of amides is 2. The molecule has 1 aliphatic heterocycles. The molecule has 0 bridgehead atoms. The quantitative estimate of drug-likeness (QED) is 0.496. The average Bonchev–Trinajstić information content (AvgIpc) is 2.75. The van der Waals surface area contributed by atoms with Crippen LogP contribution in [-0.4, -0.2) is 16.1 Å². The molecule has 0 saturated carbocycles. The summed E-state index contributed by atoms with van der Waals surface area (Å²) < 4.78 is 0. The largest absolute Gasteiger partial charge is 0.324 e. The van der Waals surface area contributed by atoms with E-state index in [-0.39, 0.29) is 9.91 Å². The van der Waals surface area contributed by atoms with Gasteiger partial charge in [-0.05, 0) is 23.9 Å². The highest BCUT2D eigenvalue weighted by atomic mass is 32.2. The Hall–Kier alpha value is -1.67. The summed E-state index contributed by atoms with van der Waals surface area (Å²) in [5.41, 5.74) is 0. The summed E-state index contributed by atoms with van der Waals surface area (Å²) in [6.45, 7) is 0. The van der Waals surface area contributed by atoms with Crippen LogP contribution in [0.2, 0.25) is 0 Å². The number of thiophene rings is 1. The first-order valence-electron chi connectivity index (χ1n) is 4.05. The van der Waals surface area contributed by atoms with Crippen molar-refractivity contribution in [3.8, 4) is 0 Å². The first kappa shape index (κ1) is 10.8. The van der Waals surface area contributed by atoms with Crippen LogP contribution in [0.5, 0.6) is 0 Å². The number of rotatable bonds is 2. The van der Waals surface area contributed by atoms with Gasteiger partial charge in [-0.15, -0.1) is 0 Å². The Morgan fingerprint density at radius 3 is 2.62 bits per heavy atom. The van der Waals surface area contributed by atoms with Crippen molar-refractivity contribution in [3.63, 3.8) is 0 Å². The number of hydrogen-bond acceptors (Lipinski definition) is 6. The van der Waals surface area contributed by atoms with Crippen LogP contribution in [0.1, 0.15) is 4.88 Å². The third-order valence-electron chi connectivity index (χ3n) is 1.71. The molecule has 1 aliphatic rings. The summed E-state index contributed by atoms with van der Waals surface area (Å²) in [5, 5.41) is 12.1. The predicted octanol–water partition coefficient (Wildman–Crippen LogP) is 1.98. The molecule has 0 unspecified atom stereocenters. The number of nitrogens with one attached hydrogen (secondary N) is 1. The van der Waals surface area contributed by atoms with Crippen molar-refractivity contribution in [1.82, 2.24) is 5.32 Å². The second-order valence-corrected chi connectivity index (χ2v) is 4.89. The molecule has 82 valence electrons. The molecule has 1 N–H and O–H groups in total. The van der Waals surface area contributed by atoms with Crippen molar-refractivity contribution in [2.45, 2.75) is 0 Å². The Morgan fingerprint density at radius 1 is 1.38 bits per heavy atom. The zero-order valence-electron chi connectivity index (χ0n) is 7.63. The molecule has 2 amide bonds. The second kappa shape index (κ2) is 4.06. The lowest BCUT2D eigenvalue weighted by Crippen LogP contribution is -2.17. The highest BCUT2D eigenvalue weighted by molar-refractivity contribution is 8.18. The molecule has 0 spiro atoms. The molecule has 1 aromatic rings. The first-order valence-corrected chi connectivity index (χ1v) is 5.68. The van der Waals surface area contributed by atoms with E-state index < -0.39 is 16.1 Å².